The molecule has 1 aliphatic heterocycles. The van der Waals surface area contributed by atoms with Crippen LogP contribution in [-0.2, 0) is 11.3 Å². The monoisotopic (exact) mass is 339 g/mol. The number of nitrogens with one attached hydrogen (secondary N) is 1. The second-order valence-corrected chi connectivity index (χ2v) is 5.68. The van der Waals surface area contributed by atoms with Crippen LogP contribution in [0.15, 0.2) is 30.5 Å². The Balaban J connectivity index is 1.90. The first kappa shape index (κ1) is 18.2. The first-order valence-electron chi connectivity index (χ1n) is 7.89. The highest BCUT2D eigenvalue weighted by Crippen LogP contribution is 2.22. The number of hydrazine groups is 1. The molecule has 0 unspecified atom stereocenters. The summed E-state index contributed by atoms with van der Waals surface area (Å²) in [6.45, 7) is 5.53. The van der Waals surface area contributed by atoms with Crippen molar-refractivity contribution in [3.8, 4) is 5.75 Å². The van der Waals surface area contributed by atoms with E-state index in [-0.39, 0.29) is 5.91 Å². The molecule has 0 saturated carbocycles. The molecule has 0 atom stereocenters. The van der Waals surface area contributed by atoms with Crippen molar-refractivity contribution in [3.05, 3.63) is 41.6 Å². The summed E-state index contributed by atoms with van der Waals surface area (Å²) >= 11 is 0. The molecule has 0 aliphatic carbocycles. The summed E-state index contributed by atoms with van der Waals surface area (Å²) < 4.78 is 29.5. The molecule has 0 radical (unpaired) electrons. The largest absolute Gasteiger partial charge is 0.487 e. The van der Waals surface area contributed by atoms with Crippen molar-refractivity contribution in [2.75, 3.05) is 26.2 Å². The van der Waals surface area contributed by atoms with Crippen molar-refractivity contribution in [2.45, 2.75) is 26.8 Å². The minimum atomic E-state index is -2.48. The molecule has 132 valence electrons. The Hall–Kier alpha value is -2.15. The fraction of sp³-hybridized carbons (Fsp3) is 0.471. The van der Waals surface area contributed by atoms with E-state index in [9.17, 15) is 13.6 Å². The van der Waals surface area contributed by atoms with Crippen molar-refractivity contribution in [2.24, 2.45) is 0 Å². The maximum Gasteiger partial charge on any atom is 0.272 e. The molecule has 1 N–H and O–H groups in total. The SMILES string of the molecule is CC(=O)NCCN1C=CCN1Cc1ccc(OCC(F)F)c(C)c1. The van der Waals surface area contributed by atoms with E-state index in [0.717, 1.165) is 17.7 Å². The van der Waals surface area contributed by atoms with Gasteiger partial charge in [0.15, 0.2) is 0 Å². The van der Waals surface area contributed by atoms with E-state index in [1.165, 1.54) is 6.92 Å². The van der Waals surface area contributed by atoms with Crippen molar-refractivity contribution in [1.82, 2.24) is 15.3 Å². The zero-order valence-electron chi connectivity index (χ0n) is 14.0. The second-order valence-electron chi connectivity index (χ2n) is 5.68. The third-order valence-electron chi connectivity index (χ3n) is 3.64. The first-order valence-corrected chi connectivity index (χ1v) is 7.89. The Bertz CT molecular complexity index is 593. The topological polar surface area (TPSA) is 44.8 Å². The number of ether oxygens (including phenoxy) is 1. The van der Waals surface area contributed by atoms with Gasteiger partial charge in [0.2, 0.25) is 5.91 Å². The number of amides is 1. The molecule has 24 heavy (non-hydrogen) atoms. The lowest BCUT2D eigenvalue weighted by atomic mass is 10.1. The number of carbonyl (C=O) groups excluding carboxylic acids is 1. The van der Waals surface area contributed by atoms with Crippen LogP contribution in [0.4, 0.5) is 8.78 Å². The van der Waals surface area contributed by atoms with Crippen molar-refractivity contribution < 1.29 is 18.3 Å². The lowest BCUT2D eigenvalue weighted by Gasteiger charge is -2.29. The maximum absolute atomic E-state index is 12.2. The molecular weight excluding hydrogens is 316 g/mol. The standard InChI is InChI=1S/C17H23F2N3O2/c1-13-10-15(4-5-16(13)24-12-17(18)19)11-22-8-3-7-21(22)9-6-20-14(2)23/h3-5,7,10,17H,6,8-9,11-12H2,1-2H3,(H,20,23). The van der Waals surface area contributed by atoms with Crippen LogP contribution in [0.2, 0.25) is 0 Å². The van der Waals surface area contributed by atoms with E-state index in [1.54, 1.807) is 6.07 Å². The molecule has 2 rings (SSSR count). The molecule has 0 spiro atoms. The van der Waals surface area contributed by atoms with Crippen molar-refractivity contribution in [1.29, 1.82) is 0 Å². The van der Waals surface area contributed by atoms with Crippen LogP contribution in [-0.4, -0.2) is 48.6 Å². The van der Waals surface area contributed by atoms with Gasteiger partial charge in [-0.2, -0.15) is 0 Å². The molecular formula is C17H23F2N3O2. The predicted octanol–water partition coefficient (Wildman–Crippen LogP) is 2.32. The zero-order valence-corrected chi connectivity index (χ0v) is 14.0. The van der Waals surface area contributed by atoms with E-state index in [0.29, 0.717) is 25.4 Å². The number of alkyl halides is 2. The number of carbonyl (C=O) groups is 1. The Morgan fingerprint density at radius 1 is 1.42 bits per heavy atom. The van der Waals surface area contributed by atoms with Gasteiger partial charge in [-0.25, -0.2) is 13.8 Å². The van der Waals surface area contributed by atoms with E-state index in [4.69, 9.17) is 4.74 Å². The van der Waals surface area contributed by atoms with Gasteiger partial charge in [0.25, 0.3) is 6.43 Å². The van der Waals surface area contributed by atoms with Crippen LogP contribution in [0, 0.1) is 6.92 Å². The minimum Gasteiger partial charge on any atom is -0.487 e. The number of benzene rings is 1. The van der Waals surface area contributed by atoms with E-state index < -0.39 is 13.0 Å². The number of halogens is 2. The molecule has 0 bridgehead atoms. The molecule has 1 aromatic rings. The quantitative estimate of drug-likeness (QED) is 0.789. The first-order chi connectivity index (χ1) is 11.5. The number of hydrogen-bond acceptors (Lipinski definition) is 4. The molecule has 1 heterocycles. The summed E-state index contributed by atoms with van der Waals surface area (Å²) in [5.41, 5.74) is 1.91. The Morgan fingerprint density at radius 3 is 2.88 bits per heavy atom. The van der Waals surface area contributed by atoms with Gasteiger partial charge in [-0.1, -0.05) is 18.2 Å². The van der Waals surface area contributed by atoms with Crippen LogP contribution >= 0.6 is 0 Å². The fourth-order valence-electron chi connectivity index (χ4n) is 2.54. The summed E-state index contributed by atoms with van der Waals surface area (Å²) in [7, 11) is 0. The lowest BCUT2D eigenvalue weighted by molar-refractivity contribution is -0.119. The van der Waals surface area contributed by atoms with Gasteiger partial charge in [-0.15, -0.1) is 0 Å². The van der Waals surface area contributed by atoms with Crippen LogP contribution in [0.25, 0.3) is 0 Å². The van der Waals surface area contributed by atoms with Crippen LogP contribution in [0.5, 0.6) is 5.75 Å². The van der Waals surface area contributed by atoms with E-state index in [2.05, 4.69) is 21.4 Å². The van der Waals surface area contributed by atoms with Gasteiger partial charge in [0.1, 0.15) is 12.4 Å². The fourth-order valence-corrected chi connectivity index (χ4v) is 2.54. The normalized spacial score (nSPS) is 14.5. The van der Waals surface area contributed by atoms with E-state index >= 15 is 0 Å². The van der Waals surface area contributed by atoms with Gasteiger partial charge in [0, 0.05) is 32.8 Å². The van der Waals surface area contributed by atoms with Gasteiger partial charge in [-0.05, 0) is 24.1 Å². The highest BCUT2D eigenvalue weighted by molar-refractivity contribution is 5.72. The Kier molecular flexibility index (Phi) is 6.54. The van der Waals surface area contributed by atoms with Crippen molar-refractivity contribution in [3.63, 3.8) is 0 Å². The summed E-state index contributed by atoms with van der Waals surface area (Å²) in [6.07, 6.45) is 1.58. The van der Waals surface area contributed by atoms with Crippen LogP contribution in [0.1, 0.15) is 18.1 Å². The average molecular weight is 339 g/mol. The molecule has 0 saturated heterocycles. The molecule has 7 heteroatoms. The predicted molar refractivity (Wildman–Crippen MR) is 87.6 cm³/mol. The van der Waals surface area contributed by atoms with E-state index in [1.807, 2.05) is 25.3 Å². The third-order valence-corrected chi connectivity index (χ3v) is 3.64. The smallest absolute Gasteiger partial charge is 0.272 e. The molecule has 0 fully saturated rings. The molecule has 1 amide bonds. The lowest BCUT2D eigenvalue weighted by Crippen LogP contribution is -2.39. The third kappa shape index (κ3) is 5.49. The molecule has 5 nitrogen and oxygen atoms in total. The average Bonchev–Trinajstić information content (AvgIpc) is 2.93. The van der Waals surface area contributed by atoms with Crippen LogP contribution in [0.3, 0.4) is 0 Å². The number of hydrogen-bond donors (Lipinski definition) is 1. The van der Waals surface area contributed by atoms with Gasteiger partial charge in [0.05, 0.1) is 6.54 Å². The Morgan fingerprint density at radius 2 is 2.21 bits per heavy atom. The summed E-state index contributed by atoms with van der Waals surface area (Å²) in [6, 6.07) is 5.57. The van der Waals surface area contributed by atoms with Gasteiger partial charge in [-0.3, -0.25) is 4.79 Å². The molecule has 1 aromatic carbocycles. The summed E-state index contributed by atoms with van der Waals surface area (Å²) in [5, 5.41) is 6.99. The highest BCUT2D eigenvalue weighted by Gasteiger charge is 2.16. The summed E-state index contributed by atoms with van der Waals surface area (Å²) in [4.78, 5) is 10.9. The van der Waals surface area contributed by atoms with Crippen LogP contribution < -0.4 is 10.1 Å². The molecule has 1 aliphatic rings. The number of nitrogens with zero attached hydrogens (tertiary/aromatic N) is 2. The number of rotatable bonds is 8. The minimum absolute atomic E-state index is 0.0419. The summed E-state index contributed by atoms with van der Waals surface area (Å²) in [5.74, 6) is 0.445. The zero-order chi connectivity index (χ0) is 17.5. The van der Waals surface area contributed by atoms with Gasteiger partial charge < -0.3 is 15.1 Å². The van der Waals surface area contributed by atoms with Gasteiger partial charge >= 0.3 is 0 Å². The Labute approximate surface area is 140 Å². The molecule has 0 aromatic heterocycles. The highest BCUT2D eigenvalue weighted by atomic mass is 19.3. The maximum atomic E-state index is 12.2. The number of aryl methyl sites for hydroxylation is 1. The second kappa shape index (κ2) is 8.63. The van der Waals surface area contributed by atoms with Crippen molar-refractivity contribution >= 4 is 5.91 Å².